The molecule has 0 saturated carbocycles. The Bertz CT molecular complexity index is 732. The smallest absolute Gasteiger partial charge is 0.264 e. The second kappa shape index (κ2) is 6.42. The fraction of sp³-hybridized carbons (Fsp3) is 0.188. The molecule has 0 N–H and O–H groups in total. The first-order valence-corrected chi connectivity index (χ1v) is 8.01. The van der Waals surface area contributed by atoms with Crippen LogP contribution in [-0.4, -0.2) is 15.0 Å². The van der Waals surface area contributed by atoms with Crippen molar-refractivity contribution in [3.05, 3.63) is 60.2 Å². The molecule has 0 amide bonds. The monoisotopic (exact) mass is 300 g/mol. The Morgan fingerprint density at radius 3 is 2.24 bits per heavy atom. The number of benzene rings is 2. The van der Waals surface area contributed by atoms with Gasteiger partial charge in [-0.15, -0.1) is 0 Å². The summed E-state index contributed by atoms with van der Waals surface area (Å²) in [7, 11) is -3.66. The van der Waals surface area contributed by atoms with Gasteiger partial charge in [-0.25, -0.2) is 8.42 Å². The standard InChI is InChI=1S/C16H16N2O2S/c1-14-8-10-16(11-9-14)21(19,20)18(13-5-12-17)15-6-3-2-4-7-15/h2-4,6-11H,5,13H2,1H3. The van der Waals surface area contributed by atoms with E-state index in [1.165, 1.54) is 4.31 Å². The maximum absolute atomic E-state index is 12.8. The van der Waals surface area contributed by atoms with Crippen LogP contribution in [0.5, 0.6) is 0 Å². The molecule has 0 unspecified atom stereocenters. The van der Waals surface area contributed by atoms with E-state index in [0.29, 0.717) is 5.69 Å². The molecule has 0 aliphatic heterocycles. The highest BCUT2D eigenvalue weighted by Gasteiger charge is 2.24. The average molecular weight is 300 g/mol. The highest BCUT2D eigenvalue weighted by molar-refractivity contribution is 7.92. The van der Waals surface area contributed by atoms with Crippen molar-refractivity contribution >= 4 is 15.7 Å². The Morgan fingerprint density at radius 2 is 1.67 bits per heavy atom. The molecule has 21 heavy (non-hydrogen) atoms. The predicted octanol–water partition coefficient (Wildman–Crippen LogP) is 3.10. The number of sulfonamides is 1. The van der Waals surface area contributed by atoms with Crippen LogP contribution in [0.1, 0.15) is 12.0 Å². The molecule has 0 fully saturated rings. The van der Waals surface area contributed by atoms with E-state index in [4.69, 9.17) is 5.26 Å². The van der Waals surface area contributed by atoms with E-state index in [1.54, 1.807) is 48.5 Å². The first-order chi connectivity index (χ1) is 10.1. The second-order valence-electron chi connectivity index (χ2n) is 4.63. The zero-order valence-corrected chi connectivity index (χ0v) is 12.5. The molecule has 2 aromatic carbocycles. The Labute approximate surface area is 125 Å². The largest absolute Gasteiger partial charge is 0.265 e. The first kappa shape index (κ1) is 15.1. The summed E-state index contributed by atoms with van der Waals surface area (Å²) in [5.41, 5.74) is 1.56. The van der Waals surface area contributed by atoms with Gasteiger partial charge in [0.1, 0.15) is 0 Å². The number of para-hydroxylation sites is 1. The lowest BCUT2D eigenvalue weighted by Gasteiger charge is -2.23. The van der Waals surface area contributed by atoms with Crippen LogP contribution in [0.15, 0.2) is 59.5 Å². The van der Waals surface area contributed by atoms with Crippen LogP contribution < -0.4 is 4.31 Å². The second-order valence-corrected chi connectivity index (χ2v) is 6.50. The molecule has 4 nitrogen and oxygen atoms in total. The molecule has 0 aromatic heterocycles. The minimum Gasteiger partial charge on any atom is -0.265 e. The van der Waals surface area contributed by atoms with Gasteiger partial charge in [0.2, 0.25) is 0 Å². The molecule has 0 radical (unpaired) electrons. The number of nitriles is 1. The predicted molar refractivity (Wildman–Crippen MR) is 82.4 cm³/mol. The molecule has 0 spiro atoms. The number of hydrogen-bond acceptors (Lipinski definition) is 3. The summed E-state index contributed by atoms with van der Waals surface area (Å²) in [5, 5.41) is 8.76. The fourth-order valence-electron chi connectivity index (χ4n) is 1.97. The van der Waals surface area contributed by atoms with E-state index in [2.05, 4.69) is 0 Å². The molecule has 2 rings (SSSR count). The van der Waals surface area contributed by atoms with Crippen molar-refractivity contribution in [2.24, 2.45) is 0 Å². The molecule has 0 heterocycles. The van der Waals surface area contributed by atoms with E-state index in [9.17, 15) is 8.42 Å². The summed E-state index contributed by atoms with van der Waals surface area (Å²) in [6, 6.07) is 17.5. The van der Waals surface area contributed by atoms with E-state index < -0.39 is 10.0 Å². The maximum Gasteiger partial charge on any atom is 0.264 e. The van der Waals surface area contributed by atoms with Crippen LogP contribution in [-0.2, 0) is 10.0 Å². The van der Waals surface area contributed by atoms with E-state index >= 15 is 0 Å². The Morgan fingerprint density at radius 1 is 1.05 bits per heavy atom. The van der Waals surface area contributed by atoms with Crippen molar-refractivity contribution < 1.29 is 8.42 Å². The normalized spacial score (nSPS) is 10.9. The van der Waals surface area contributed by atoms with Crippen molar-refractivity contribution in [2.45, 2.75) is 18.2 Å². The number of rotatable bonds is 5. The van der Waals surface area contributed by atoms with Gasteiger partial charge in [0.05, 0.1) is 23.1 Å². The molecule has 0 aliphatic rings. The van der Waals surface area contributed by atoms with Crippen molar-refractivity contribution in [2.75, 3.05) is 10.8 Å². The van der Waals surface area contributed by atoms with Gasteiger partial charge >= 0.3 is 0 Å². The van der Waals surface area contributed by atoms with Gasteiger partial charge in [0.25, 0.3) is 10.0 Å². The molecule has 0 aliphatic carbocycles. The zero-order chi connectivity index (χ0) is 15.3. The zero-order valence-electron chi connectivity index (χ0n) is 11.7. The van der Waals surface area contributed by atoms with Crippen molar-refractivity contribution in [3.8, 4) is 6.07 Å². The van der Waals surface area contributed by atoms with Crippen LogP contribution in [0.3, 0.4) is 0 Å². The van der Waals surface area contributed by atoms with E-state index in [-0.39, 0.29) is 17.9 Å². The molecular weight excluding hydrogens is 284 g/mol. The Kier molecular flexibility index (Phi) is 4.61. The topological polar surface area (TPSA) is 61.2 Å². The molecule has 0 saturated heterocycles. The quantitative estimate of drug-likeness (QED) is 0.852. The highest BCUT2D eigenvalue weighted by atomic mass is 32.2. The van der Waals surface area contributed by atoms with Gasteiger partial charge in [-0.1, -0.05) is 35.9 Å². The molecule has 5 heteroatoms. The van der Waals surface area contributed by atoms with Crippen LogP contribution in [0.2, 0.25) is 0 Å². The van der Waals surface area contributed by atoms with Crippen molar-refractivity contribution in [3.63, 3.8) is 0 Å². The van der Waals surface area contributed by atoms with Crippen LogP contribution in [0.4, 0.5) is 5.69 Å². The minimum absolute atomic E-state index is 0.136. The number of anilines is 1. The van der Waals surface area contributed by atoms with Crippen LogP contribution >= 0.6 is 0 Å². The Hall–Kier alpha value is -2.32. The maximum atomic E-state index is 12.8. The lowest BCUT2D eigenvalue weighted by atomic mass is 10.2. The molecule has 2 aromatic rings. The summed E-state index contributed by atoms with van der Waals surface area (Å²) in [4.78, 5) is 0.231. The van der Waals surface area contributed by atoms with Crippen LogP contribution in [0, 0.1) is 18.3 Å². The van der Waals surface area contributed by atoms with E-state index in [1.807, 2.05) is 19.1 Å². The van der Waals surface area contributed by atoms with Gasteiger partial charge < -0.3 is 0 Å². The first-order valence-electron chi connectivity index (χ1n) is 6.57. The third-order valence-electron chi connectivity index (χ3n) is 3.08. The average Bonchev–Trinajstić information content (AvgIpc) is 2.49. The van der Waals surface area contributed by atoms with Crippen LogP contribution in [0.25, 0.3) is 0 Å². The Balaban J connectivity index is 2.45. The summed E-state index contributed by atoms with van der Waals surface area (Å²) in [5.74, 6) is 0. The SMILES string of the molecule is Cc1ccc(S(=O)(=O)N(CCC#N)c2ccccc2)cc1. The van der Waals surface area contributed by atoms with Crippen molar-refractivity contribution in [1.29, 1.82) is 5.26 Å². The lowest BCUT2D eigenvalue weighted by Crippen LogP contribution is -2.31. The number of nitrogens with zero attached hydrogens (tertiary/aromatic N) is 2. The fourth-order valence-corrected chi connectivity index (χ4v) is 3.44. The van der Waals surface area contributed by atoms with Gasteiger partial charge in [0.15, 0.2) is 0 Å². The van der Waals surface area contributed by atoms with Gasteiger partial charge in [-0.05, 0) is 31.2 Å². The molecule has 108 valence electrons. The summed E-state index contributed by atoms with van der Waals surface area (Å²) >= 11 is 0. The van der Waals surface area contributed by atoms with Gasteiger partial charge in [-0.2, -0.15) is 5.26 Å². The van der Waals surface area contributed by atoms with Gasteiger partial charge in [-0.3, -0.25) is 4.31 Å². The minimum atomic E-state index is -3.66. The number of hydrogen-bond donors (Lipinski definition) is 0. The van der Waals surface area contributed by atoms with Crippen molar-refractivity contribution in [1.82, 2.24) is 0 Å². The molecule has 0 bridgehead atoms. The lowest BCUT2D eigenvalue weighted by molar-refractivity contribution is 0.591. The van der Waals surface area contributed by atoms with E-state index in [0.717, 1.165) is 5.56 Å². The summed E-state index contributed by atoms with van der Waals surface area (Å²) in [6.07, 6.45) is 0.139. The summed E-state index contributed by atoms with van der Waals surface area (Å²) in [6.45, 7) is 2.04. The summed E-state index contributed by atoms with van der Waals surface area (Å²) < 4.78 is 26.8. The highest BCUT2D eigenvalue weighted by Crippen LogP contribution is 2.23. The van der Waals surface area contributed by atoms with Gasteiger partial charge in [0, 0.05) is 6.54 Å². The molecule has 0 atom stereocenters. The third-order valence-corrected chi connectivity index (χ3v) is 4.92. The number of aryl methyl sites for hydroxylation is 1. The molecular formula is C16H16N2O2S. The third kappa shape index (κ3) is 3.41.